The molecule has 1 heterocycles. The molecule has 3 aromatic rings. The van der Waals surface area contributed by atoms with E-state index in [0.717, 1.165) is 30.3 Å². The van der Waals surface area contributed by atoms with Gasteiger partial charge in [-0.1, -0.05) is 19.1 Å². The van der Waals surface area contributed by atoms with E-state index < -0.39 is 51.7 Å². The second kappa shape index (κ2) is 13.3. The lowest BCUT2D eigenvalue weighted by Crippen LogP contribution is -2.29. The molecule has 0 radical (unpaired) electrons. The Morgan fingerprint density at radius 1 is 1.04 bits per heavy atom. The number of benzene rings is 3. The second-order valence-electron chi connectivity index (χ2n) is 10.1. The Morgan fingerprint density at radius 2 is 1.71 bits per heavy atom. The maximum atomic E-state index is 13.4. The van der Waals surface area contributed by atoms with Crippen molar-refractivity contribution >= 4 is 21.4 Å². The molecule has 1 N–H and O–H groups in total. The van der Waals surface area contributed by atoms with Crippen LogP contribution in [0, 0.1) is 11.3 Å². The monoisotopic (exact) mass is 655 g/mol. The summed E-state index contributed by atoms with van der Waals surface area (Å²) in [7, 11) is -3.48. The van der Waals surface area contributed by atoms with Gasteiger partial charge in [0, 0.05) is 18.5 Å². The molecule has 45 heavy (non-hydrogen) atoms. The van der Waals surface area contributed by atoms with Gasteiger partial charge in [0.1, 0.15) is 11.9 Å². The van der Waals surface area contributed by atoms with Crippen molar-refractivity contribution in [1.82, 2.24) is 5.32 Å². The molecule has 240 valence electrons. The minimum absolute atomic E-state index is 0.0173. The first-order valence-corrected chi connectivity index (χ1v) is 15.2. The van der Waals surface area contributed by atoms with E-state index in [2.05, 4.69) is 10.1 Å². The van der Waals surface area contributed by atoms with Crippen molar-refractivity contribution in [2.24, 2.45) is 0 Å². The molecule has 1 aliphatic heterocycles. The van der Waals surface area contributed by atoms with Crippen LogP contribution in [0.3, 0.4) is 0 Å². The SMILES string of the molecule is CCS(=O)(=O)c1ccc([C@H](CC#N)NC(=O)c2ccc(N3CC[C@H](Oc4ccc(C(F)(F)F)cc4)C3)c(OC(F)(F)F)c2)cc1. The number of hydrogen-bond donors (Lipinski definition) is 1. The highest BCUT2D eigenvalue weighted by Gasteiger charge is 2.35. The van der Waals surface area contributed by atoms with Crippen LogP contribution in [0.5, 0.6) is 11.5 Å². The highest BCUT2D eigenvalue weighted by Crippen LogP contribution is 2.37. The van der Waals surface area contributed by atoms with Gasteiger partial charge in [-0.05, 0) is 60.2 Å². The Balaban J connectivity index is 1.51. The molecule has 8 nitrogen and oxygen atoms in total. The van der Waals surface area contributed by atoms with Gasteiger partial charge in [0.2, 0.25) is 0 Å². The molecule has 15 heteroatoms. The summed E-state index contributed by atoms with van der Waals surface area (Å²) in [6, 6.07) is 14.2. The number of nitrogens with zero attached hydrogens (tertiary/aromatic N) is 2. The number of nitriles is 1. The maximum Gasteiger partial charge on any atom is 0.573 e. The Bertz CT molecular complexity index is 1650. The van der Waals surface area contributed by atoms with Crippen molar-refractivity contribution in [1.29, 1.82) is 5.26 Å². The van der Waals surface area contributed by atoms with Crippen molar-refractivity contribution in [2.75, 3.05) is 23.7 Å². The first-order valence-electron chi connectivity index (χ1n) is 13.6. The molecule has 0 aliphatic carbocycles. The molecular formula is C30H27F6N3O5S. The fraction of sp³-hybridized carbons (Fsp3) is 0.333. The molecule has 4 rings (SSSR count). The van der Waals surface area contributed by atoms with E-state index in [-0.39, 0.29) is 47.2 Å². The summed E-state index contributed by atoms with van der Waals surface area (Å²) >= 11 is 0. The number of halogens is 6. The molecular weight excluding hydrogens is 628 g/mol. The smallest absolute Gasteiger partial charge is 0.489 e. The van der Waals surface area contributed by atoms with Gasteiger partial charge in [0.05, 0.1) is 47.0 Å². The zero-order valence-corrected chi connectivity index (χ0v) is 24.5. The number of alkyl halides is 6. The molecule has 1 saturated heterocycles. The first-order chi connectivity index (χ1) is 21.1. The Labute approximate surface area is 255 Å². The summed E-state index contributed by atoms with van der Waals surface area (Å²) in [4.78, 5) is 14.7. The Kier molecular flexibility index (Phi) is 9.86. The number of amides is 1. The summed E-state index contributed by atoms with van der Waals surface area (Å²) in [5.74, 6) is -1.41. The van der Waals surface area contributed by atoms with Gasteiger partial charge in [0.25, 0.3) is 5.91 Å². The predicted octanol–water partition coefficient (Wildman–Crippen LogP) is 6.44. The number of ether oxygens (including phenoxy) is 2. The number of hydrogen-bond acceptors (Lipinski definition) is 7. The third-order valence-electron chi connectivity index (χ3n) is 7.04. The van der Waals surface area contributed by atoms with E-state index in [4.69, 9.17) is 4.74 Å². The van der Waals surface area contributed by atoms with Crippen LogP contribution in [-0.2, 0) is 16.0 Å². The van der Waals surface area contributed by atoms with Gasteiger partial charge >= 0.3 is 12.5 Å². The fourth-order valence-electron chi connectivity index (χ4n) is 4.74. The predicted molar refractivity (Wildman–Crippen MR) is 150 cm³/mol. The van der Waals surface area contributed by atoms with Crippen LogP contribution in [0.1, 0.15) is 47.3 Å². The largest absolute Gasteiger partial charge is 0.573 e. The maximum absolute atomic E-state index is 13.4. The average molecular weight is 656 g/mol. The lowest BCUT2D eigenvalue weighted by molar-refractivity contribution is -0.274. The van der Waals surface area contributed by atoms with Crippen molar-refractivity contribution < 1.29 is 49.0 Å². The summed E-state index contributed by atoms with van der Waals surface area (Å²) in [6.45, 7) is 1.82. The fourth-order valence-corrected chi connectivity index (χ4v) is 5.62. The summed E-state index contributed by atoms with van der Waals surface area (Å²) < 4.78 is 113. The molecule has 1 amide bonds. The number of rotatable bonds is 10. The number of sulfone groups is 1. The normalized spacial score (nSPS) is 16.1. The topological polar surface area (TPSA) is 109 Å². The van der Waals surface area contributed by atoms with E-state index in [9.17, 15) is 44.8 Å². The van der Waals surface area contributed by atoms with E-state index >= 15 is 0 Å². The molecule has 0 spiro atoms. The molecule has 2 atom stereocenters. The van der Waals surface area contributed by atoms with Crippen LogP contribution in [-0.4, -0.2) is 45.6 Å². The van der Waals surface area contributed by atoms with Gasteiger partial charge in [-0.15, -0.1) is 13.2 Å². The van der Waals surface area contributed by atoms with Crippen molar-refractivity contribution in [3.63, 3.8) is 0 Å². The third-order valence-corrected chi connectivity index (χ3v) is 8.79. The number of nitrogens with one attached hydrogen (secondary N) is 1. The van der Waals surface area contributed by atoms with Gasteiger partial charge in [-0.3, -0.25) is 4.79 Å². The molecule has 1 aliphatic rings. The van der Waals surface area contributed by atoms with Crippen molar-refractivity contribution in [3.05, 3.63) is 83.4 Å². The molecule has 3 aromatic carbocycles. The third kappa shape index (κ3) is 8.59. The van der Waals surface area contributed by atoms with E-state index in [0.29, 0.717) is 12.0 Å². The minimum atomic E-state index is -5.09. The zero-order chi connectivity index (χ0) is 33.0. The van der Waals surface area contributed by atoms with E-state index in [1.165, 1.54) is 43.3 Å². The van der Waals surface area contributed by atoms with Gasteiger partial charge in [0.15, 0.2) is 15.6 Å². The second-order valence-corrected chi connectivity index (χ2v) is 12.4. The number of carbonyl (C=O) groups excluding carboxylic acids is 1. The van der Waals surface area contributed by atoms with Gasteiger partial charge in [-0.25, -0.2) is 8.42 Å². The highest BCUT2D eigenvalue weighted by molar-refractivity contribution is 7.91. The van der Waals surface area contributed by atoms with Crippen LogP contribution in [0.25, 0.3) is 0 Å². The van der Waals surface area contributed by atoms with Crippen LogP contribution >= 0.6 is 0 Å². The molecule has 0 unspecified atom stereocenters. The summed E-state index contributed by atoms with van der Waals surface area (Å²) in [6.07, 6.45) is -10.0. The van der Waals surface area contributed by atoms with Gasteiger partial charge < -0.3 is 19.7 Å². The zero-order valence-electron chi connectivity index (χ0n) is 23.7. The summed E-state index contributed by atoms with van der Waals surface area (Å²) in [5, 5.41) is 11.9. The molecule has 0 bridgehead atoms. The Hall–Kier alpha value is -4.45. The molecule has 1 fully saturated rings. The Morgan fingerprint density at radius 3 is 2.29 bits per heavy atom. The van der Waals surface area contributed by atoms with Crippen LogP contribution < -0.4 is 19.7 Å². The number of carbonyl (C=O) groups is 1. The first kappa shape index (κ1) is 33.4. The van der Waals surface area contributed by atoms with Crippen LogP contribution in [0.15, 0.2) is 71.6 Å². The standard InChI is InChI=1S/C30H27F6N3O5S/c1-2-45(41,42)24-10-3-19(4-11-24)25(13-15-37)38-28(40)20-5-12-26(27(17-20)44-30(34,35)36)39-16-14-23(18-39)43-22-8-6-21(7-9-22)29(31,32)33/h3-12,17,23,25H,2,13-14,16,18H2,1H3,(H,38,40)/t23-,25-/m0/s1. The quantitative estimate of drug-likeness (QED) is 0.251. The lowest BCUT2D eigenvalue weighted by atomic mass is 10.0. The van der Waals surface area contributed by atoms with Crippen LogP contribution in [0.4, 0.5) is 32.0 Å². The molecule has 0 aromatic heterocycles. The molecule has 0 saturated carbocycles. The van der Waals surface area contributed by atoms with E-state index in [1.807, 2.05) is 6.07 Å². The van der Waals surface area contributed by atoms with Crippen molar-refractivity contribution in [2.45, 2.75) is 49.3 Å². The highest BCUT2D eigenvalue weighted by atomic mass is 32.2. The average Bonchev–Trinajstić information content (AvgIpc) is 3.44. The minimum Gasteiger partial charge on any atom is -0.489 e. The lowest BCUT2D eigenvalue weighted by Gasteiger charge is -2.23. The number of anilines is 1. The summed E-state index contributed by atoms with van der Waals surface area (Å²) in [5.41, 5.74) is -0.605. The van der Waals surface area contributed by atoms with Crippen LogP contribution in [0.2, 0.25) is 0 Å². The van der Waals surface area contributed by atoms with E-state index in [1.54, 1.807) is 4.90 Å². The van der Waals surface area contributed by atoms with Gasteiger partial charge in [-0.2, -0.15) is 18.4 Å². The van der Waals surface area contributed by atoms with Crippen molar-refractivity contribution in [3.8, 4) is 17.6 Å².